The van der Waals surface area contributed by atoms with Gasteiger partial charge in [-0.2, -0.15) is 0 Å². The minimum Gasteiger partial charge on any atom is -0.748 e. The van der Waals surface area contributed by atoms with Crippen LogP contribution < -0.4 is 0 Å². The lowest BCUT2D eigenvalue weighted by atomic mass is 9.79. The van der Waals surface area contributed by atoms with Crippen LogP contribution in [0.2, 0.25) is 0 Å². The van der Waals surface area contributed by atoms with E-state index in [9.17, 15) is 67.9 Å². The number of halogens is 3. The van der Waals surface area contributed by atoms with Crippen molar-refractivity contribution in [1.82, 2.24) is 0 Å². The largest absolute Gasteiger partial charge is 0.748 e. The van der Waals surface area contributed by atoms with Gasteiger partial charge in [-0.3, -0.25) is 24.0 Å². The number of fused-ring (bicyclic) bond motifs is 2. The number of benzene rings is 9. The number of hydrogen-bond donors (Lipinski definition) is 2. The second-order valence-electron chi connectivity index (χ2n) is 41.6. The molecule has 4 bridgehead atoms. The van der Waals surface area contributed by atoms with Crippen molar-refractivity contribution in [3.8, 4) is 11.5 Å². The van der Waals surface area contributed by atoms with E-state index >= 15 is 0 Å². The van der Waals surface area contributed by atoms with Crippen LogP contribution >= 0.6 is 0 Å². The van der Waals surface area contributed by atoms with Crippen molar-refractivity contribution in [3.05, 3.63) is 277 Å². The average Bonchev–Trinajstić information content (AvgIpc) is 1.59. The number of ether oxygens (including phenoxy) is 8. The lowest BCUT2D eigenvalue weighted by Gasteiger charge is -2.39. The molecule has 13 unspecified atom stereocenters. The molecule has 9 aromatic rings. The maximum Gasteiger partial charge on any atom is 0.347 e. The van der Waals surface area contributed by atoms with Gasteiger partial charge in [0.1, 0.15) is 84.1 Å². The summed E-state index contributed by atoms with van der Waals surface area (Å²) in [7, 11) is -9.89. The fraction of sp³-hybridized carbons (Fsp3) is 0.492. The number of esters is 6. The molecule has 0 amide bonds. The number of carbonyl (C=O) groups excluding carboxylic acids is 6. The zero-order valence-corrected chi connectivity index (χ0v) is 90.7. The first kappa shape index (κ1) is 119. The number of aromatic hydroxyl groups is 2. The summed E-state index contributed by atoms with van der Waals surface area (Å²) in [4.78, 5) is 76.0. The molecule has 3 saturated heterocycles. The molecule has 0 aromatic heterocycles. The molecule has 0 radical (unpaired) electrons. The average molecular weight is 2100 g/mol. The summed E-state index contributed by atoms with van der Waals surface area (Å²) in [6, 6.07) is 75.8. The molecule has 6 aliphatic carbocycles. The Morgan fingerprint density at radius 1 is 0.429 bits per heavy atom. The van der Waals surface area contributed by atoms with Gasteiger partial charge in [0.25, 0.3) is 0 Å². The van der Waals surface area contributed by atoms with Crippen LogP contribution in [-0.2, 0) is 114 Å². The van der Waals surface area contributed by atoms with Crippen molar-refractivity contribution in [2.24, 2.45) is 57.7 Å². The van der Waals surface area contributed by atoms with Crippen molar-refractivity contribution in [2.75, 3.05) is 31.3 Å². The van der Waals surface area contributed by atoms with E-state index in [1.165, 1.54) is 58.4 Å². The molecule has 18 rings (SSSR count). The van der Waals surface area contributed by atoms with Gasteiger partial charge in [0.2, 0.25) is 6.10 Å². The van der Waals surface area contributed by atoms with Gasteiger partial charge in [-0.15, -0.1) is 0 Å². The first-order valence-electron chi connectivity index (χ1n) is 51.6. The first-order valence-corrected chi connectivity index (χ1v) is 57.2. The number of carbonyl (C=O) groups is 6. The molecular formula is C118H149F3O22S4. The molecule has 2 N–H and O–H groups in total. The molecule has 22 nitrogen and oxygen atoms in total. The molecule has 6 saturated carbocycles. The van der Waals surface area contributed by atoms with E-state index in [0.29, 0.717) is 90.5 Å². The van der Waals surface area contributed by atoms with Gasteiger partial charge in [0.15, 0.2) is 29.4 Å². The predicted molar refractivity (Wildman–Crippen MR) is 561 cm³/mol. The van der Waals surface area contributed by atoms with Crippen LogP contribution in [0.15, 0.2) is 272 Å². The summed E-state index contributed by atoms with van der Waals surface area (Å²) in [5.74, 6) is -1.32. The molecule has 798 valence electrons. The monoisotopic (exact) mass is 2100 g/mol. The summed E-state index contributed by atoms with van der Waals surface area (Å²) in [5, 5.41) is 18.0. The Balaban J connectivity index is 0.000000171. The molecule has 0 spiro atoms. The van der Waals surface area contributed by atoms with Crippen LogP contribution in [0.25, 0.3) is 0 Å². The lowest BCUT2D eigenvalue weighted by Crippen LogP contribution is -2.41. The molecule has 3 aliphatic heterocycles. The van der Waals surface area contributed by atoms with Crippen LogP contribution in [0.1, 0.15) is 254 Å². The van der Waals surface area contributed by atoms with Crippen molar-refractivity contribution in [3.63, 3.8) is 0 Å². The molecule has 147 heavy (non-hydrogen) atoms. The molecule has 9 aliphatic rings. The summed E-state index contributed by atoms with van der Waals surface area (Å²) < 4.78 is 146. The van der Waals surface area contributed by atoms with E-state index in [-0.39, 0.29) is 81.9 Å². The van der Waals surface area contributed by atoms with Crippen LogP contribution in [0.3, 0.4) is 0 Å². The van der Waals surface area contributed by atoms with E-state index in [2.05, 4.69) is 77.9 Å². The van der Waals surface area contributed by atoms with E-state index in [0.717, 1.165) is 116 Å². The highest BCUT2D eigenvalue weighted by atomic mass is 32.2. The van der Waals surface area contributed by atoms with Gasteiger partial charge >= 0.3 is 35.8 Å². The van der Waals surface area contributed by atoms with E-state index in [1.807, 2.05) is 194 Å². The fourth-order valence-electron chi connectivity index (χ4n) is 19.4. The molecular weight excluding hydrogens is 1950 g/mol. The lowest BCUT2D eigenvalue weighted by molar-refractivity contribution is -0.176. The minimum absolute atomic E-state index is 0.0226. The summed E-state index contributed by atoms with van der Waals surface area (Å²) >= 11 is 0. The van der Waals surface area contributed by atoms with E-state index < -0.39 is 94.7 Å². The van der Waals surface area contributed by atoms with E-state index in [1.54, 1.807) is 50.2 Å². The number of rotatable bonds is 27. The van der Waals surface area contributed by atoms with Gasteiger partial charge in [-0.05, 0) is 306 Å². The second-order valence-corrected chi connectivity index (χ2v) is 48.5. The Hall–Kier alpha value is -10.4. The number of hydrogen-bond acceptors (Lipinski definition) is 22. The van der Waals surface area contributed by atoms with Gasteiger partial charge in [-0.1, -0.05) is 202 Å². The smallest absolute Gasteiger partial charge is 0.347 e. The summed E-state index contributed by atoms with van der Waals surface area (Å²) in [5.41, 5.74) is 1.90. The van der Waals surface area contributed by atoms with Gasteiger partial charge in [-0.25, -0.2) is 34.8 Å². The quantitative estimate of drug-likeness (QED) is 0.0209. The Morgan fingerprint density at radius 2 is 0.789 bits per heavy atom. The van der Waals surface area contributed by atoms with Crippen LogP contribution in [0.4, 0.5) is 13.2 Å². The van der Waals surface area contributed by atoms with Gasteiger partial charge < -0.3 is 57.2 Å². The first-order chi connectivity index (χ1) is 69.7. The number of phenolic OH excluding ortho intramolecular Hbond substituents is 2. The zero-order chi connectivity index (χ0) is 107. The molecule has 9 aromatic carbocycles. The third kappa shape index (κ3) is 34.3. The highest BCUT2D eigenvalue weighted by Gasteiger charge is 2.60. The topological polar surface area (TPSA) is 331 Å². The summed E-state index contributed by atoms with van der Waals surface area (Å²) in [6.45, 7) is 32.3. The van der Waals surface area contributed by atoms with Crippen molar-refractivity contribution in [1.29, 1.82) is 0 Å². The SMILES string of the molecule is CCC(C)(C)C(=O)OC1(C(C)C)CCCC1.CCC(C)(C)C(=O)OC1(c2ccccc2)CCCCC1.CCC(C)(C)C(=O)OC1CCOC1=O.CCC(C)c1ccc(O)cc1.CCC(C)c1ccc(O)cc1.Fc1cc(F)cc([S+](c2ccccc2)c2ccccc2)c1.Fc1cccc([S+](c2ccccc2)c2ccccc2)c1.O=C(CS(=O)(=O)[O-])OC1C2CC3COC1C3C2.O=C(CS(=O)(=O)[O-])OC1C2CC3COC1C3C2. The molecule has 3 heterocycles. The fourth-order valence-corrected chi connectivity index (χ4v) is 24.4. The standard InChI is InChI=1S/C18H13F2S.C18H14FS.C18H26O2.C14H26O2.2C10H14O6S.C10H16O4.2C10H14O/c19-14-11-15(20)13-18(12-14)21(16-7-3-1-4-8-16)17-9-5-2-6-10-17;19-15-8-7-13-18(14-15)20(16-9-3-1-4-10-16)17-11-5-2-6-12-17;1-4-17(2,3)16(19)20-18(13-9-6-10-14-18)15-11-7-5-8-12-15;1-6-13(4,5)12(15)16-14(11(2)3)9-7-8-10-14;2*11-8(4-17(12,13)14)16-9-5-1-6-3-15-10(9)7(6)2-5;1-4-10(2,3)9(12)14-7-5-6-13-8(7)11;2*1-3-8(2)9-4-6-10(11)7-5-9/h1-13H;1-14H;5,7-8,11-12H,4,6,9-10,13-14H2,1-3H3;11H,6-10H2,1-5H3;2*5-7,9-10H,1-4H2,(H,12,13,14);7H,4-6H2,1-3H3;2*4-8,11H,3H2,1-2H3/q2*+1;;;;;;;/p-2. The van der Waals surface area contributed by atoms with E-state index in [4.69, 9.17) is 48.1 Å². The van der Waals surface area contributed by atoms with Crippen LogP contribution in [0, 0.1) is 75.1 Å². The summed E-state index contributed by atoms with van der Waals surface area (Å²) in [6.07, 6.45) is 17.3. The third-order valence-corrected chi connectivity index (χ3v) is 35.4. The van der Waals surface area contributed by atoms with Crippen molar-refractivity contribution in [2.45, 2.75) is 309 Å². The molecule has 13 atom stereocenters. The van der Waals surface area contributed by atoms with Crippen LogP contribution in [0.5, 0.6) is 11.5 Å². The maximum atomic E-state index is 13.6. The minimum atomic E-state index is -4.56. The van der Waals surface area contributed by atoms with Crippen molar-refractivity contribution >= 4 is 77.8 Å². The molecule has 9 fully saturated rings. The maximum absolute atomic E-state index is 13.6. The number of phenols is 2. The van der Waals surface area contributed by atoms with Gasteiger partial charge in [0.05, 0.1) is 70.1 Å². The Kier molecular flexibility index (Phi) is 44.3. The highest BCUT2D eigenvalue weighted by molar-refractivity contribution is 7.97. The predicted octanol–water partition coefficient (Wildman–Crippen LogP) is 24.8. The third-order valence-electron chi connectivity index (χ3n) is 29.8. The van der Waals surface area contributed by atoms with Crippen LogP contribution in [-0.4, -0.2) is 139 Å². The molecule has 29 heteroatoms. The Labute approximate surface area is 874 Å². The Bertz CT molecular complexity index is 5660. The second kappa shape index (κ2) is 54.9. The normalized spacial score (nSPS) is 21.7. The van der Waals surface area contributed by atoms with Crippen molar-refractivity contribution < 1.29 is 116 Å². The highest BCUT2D eigenvalue weighted by Crippen LogP contribution is 2.57. The zero-order valence-electron chi connectivity index (χ0n) is 87.5. The number of cyclic esters (lactones) is 1. The Morgan fingerprint density at radius 3 is 1.15 bits per heavy atom. The van der Waals surface area contributed by atoms with Gasteiger partial charge in [0, 0.05) is 30.7 Å².